The maximum Gasteiger partial charge on any atom is 0.0692 e. The zero-order chi connectivity index (χ0) is 12.8. The molecule has 0 saturated carbocycles. The Morgan fingerprint density at radius 2 is 2.39 bits per heavy atom. The average molecular weight is 252 g/mol. The van der Waals surface area contributed by atoms with Crippen molar-refractivity contribution in [3.63, 3.8) is 0 Å². The van der Waals surface area contributed by atoms with Gasteiger partial charge in [-0.25, -0.2) is 0 Å². The molecule has 1 N–H and O–H groups in total. The number of nitrogens with one attached hydrogen (secondary N) is 1. The van der Waals surface area contributed by atoms with Crippen molar-refractivity contribution in [1.29, 1.82) is 0 Å². The molecular formula is C13H24N4O. The van der Waals surface area contributed by atoms with E-state index in [2.05, 4.69) is 29.5 Å². The van der Waals surface area contributed by atoms with Crippen molar-refractivity contribution in [3.8, 4) is 0 Å². The Bertz CT molecular complexity index is 326. The molecule has 2 heterocycles. The predicted molar refractivity (Wildman–Crippen MR) is 70.2 cm³/mol. The summed E-state index contributed by atoms with van der Waals surface area (Å²) in [7, 11) is 0. The predicted octanol–water partition coefficient (Wildman–Crippen LogP) is 1.46. The molecule has 1 aliphatic rings. The molecule has 18 heavy (non-hydrogen) atoms. The Morgan fingerprint density at radius 3 is 3.11 bits per heavy atom. The minimum absolute atomic E-state index is 0.423. The lowest BCUT2D eigenvalue weighted by Gasteiger charge is -2.32. The van der Waals surface area contributed by atoms with Gasteiger partial charge in [-0.3, -0.25) is 4.68 Å². The lowest BCUT2D eigenvalue weighted by molar-refractivity contribution is -0.0243. The third-order valence-electron chi connectivity index (χ3n) is 3.53. The van der Waals surface area contributed by atoms with Crippen LogP contribution < -0.4 is 5.32 Å². The molecule has 0 aromatic carbocycles. The first-order chi connectivity index (χ1) is 8.75. The lowest BCUT2D eigenvalue weighted by Crippen LogP contribution is -2.41. The zero-order valence-electron chi connectivity index (χ0n) is 11.4. The molecule has 1 aliphatic heterocycles. The van der Waals surface area contributed by atoms with E-state index in [1.165, 1.54) is 0 Å². The van der Waals surface area contributed by atoms with Crippen LogP contribution in [0, 0.1) is 5.92 Å². The Balaban J connectivity index is 1.61. The summed E-state index contributed by atoms with van der Waals surface area (Å²) >= 11 is 0. The number of aryl methyl sites for hydroxylation is 1. The summed E-state index contributed by atoms with van der Waals surface area (Å²) in [6, 6.07) is 0.613. The minimum Gasteiger partial charge on any atom is -0.378 e. The molecule has 0 aliphatic carbocycles. The summed E-state index contributed by atoms with van der Waals surface area (Å²) in [5, 5.41) is 11.4. The fourth-order valence-electron chi connectivity index (χ4n) is 2.38. The molecule has 1 aromatic rings. The highest BCUT2D eigenvalue weighted by Gasteiger charge is 2.24. The van der Waals surface area contributed by atoms with Crippen LogP contribution in [0.4, 0.5) is 0 Å². The Morgan fingerprint density at radius 1 is 1.50 bits per heavy atom. The fourth-order valence-corrected chi connectivity index (χ4v) is 2.38. The summed E-state index contributed by atoms with van der Waals surface area (Å²) in [6.45, 7) is 7.33. The highest BCUT2D eigenvalue weighted by molar-refractivity contribution is 4.78. The van der Waals surface area contributed by atoms with Gasteiger partial charge in [0.1, 0.15) is 0 Å². The number of nitrogens with zero attached hydrogens (tertiary/aromatic N) is 3. The van der Waals surface area contributed by atoms with E-state index in [1.54, 1.807) is 6.20 Å². The van der Waals surface area contributed by atoms with E-state index in [4.69, 9.17) is 4.74 Å². The van der Waals surface area contributed by atoms with Crippen LogP contribution in [-0.4, -0.2) is 40.3 Å². The van der Waals surface area contributed by atoms with Gasteiger partial charge in [-0.1, -0.05) is 19.1 Å². The van der Waals surface area contributed by atoms with Gasteiger partial charge in [0.05, 0.1) is 12.3 Å². The largest absolute Gasteiger partial charge is 0.378 e. The zero-order valence-corrected chi connectivity index (χ0v) is 11.4. The van der Waals surface area contributed by atoms with Crippen molar-refractivity contribution < 1.29 is 4.74 Å². The minimum atomic E-state index is 0.423. The van der Waals surface area contributed by atoms with Crippen LogP contribution in [0.1, 0.15) is 33.1 Å². The van der Waals surface area contributed by atoms with Crippen LogP contribution in [0.3, 0.4) is 0 Å². The van der Waals surface area contributed by atoms with Crippen molar-refractivity contribution in [2.75, 3.05) is 13.2 Å². The maximum absolute atomic E-state index is 5.77. The molecule has 0 amide bonds. The van der Waals surface area contributed by atoms with Crippen molar-refractivity contribution in [3.05, 3.63) is 12.4 Å². The molecule has 5 nitrogen and oxygen atoms in total. The fraction of sp³-hybridized carbons (Fsp3) is 0.846. The van der Waals surface area contributed by atoms with E-state index in [0.717, 1.165) is 39.0 Å². The van der Waals surface area contributed by atoms with Gasteiger partial charge in [-0.05, 0) is 31.7 Å². The summed E-state index contributed by atoms with van der Waals surface area (Å²) < 4.78 is 7.65. The highest BCUT2D eigenvalue weighted by atomic mass is 16.5. The smallest absolute Gasteiger partial charge is 0.0692 e. The molecule has 102 valence electrons. The van der Waals surface area contributed by atoms with E-state index in [0.29, 0.717) is 18.1 Å². The van der Waals surface area contributed by atoms with E-state index in [1.807, 2.05) is 10.9 Å². The molecule has 2 unspecified atom stereocenters. The summed E-state index contributed by atoms with van der Waals surface area (Å²) in [4.78, 5) is 0. The van der Waals surface area contributed by atoms with Gasteiger partial charge in [-0.15, -0.1) is 5.10 Å². The molecular weight excluding hydrogens is 228 g/mol. The van der Waals surface area contributed by atoms with Crippen LogP contribution >= 0.6 is 0 Å². The van der Waals surface area contributed by atoms with Crippen LogP contribution in [0.2, 0.25) is 0 Å². The molecule has 0 radical (unpaired) electrons. The maximum atomic E-state index is 5.77. The monoisotopic (exact) mass is 252 g/mol. The molecule has 1 fully saturated rings. The summed E-state index contributed by atoms with van der Waals surface area (Å²) in [5.41, 5.74) is 0. The Kier molecular flexibility index (Phi) is 5.13. The first kappa shape index (κ1) is 13.5. The standard InChI is InChI=1S/C13H24N4O/c1-11(2)13-10-12(4-9-18-13)14-5-3-7-17-8-6-15-16-17/h6,8,11-14H,3-5,7,9-10H2,1-2H3. The van der Waals surface area contributed by atoms with E-state index in [-0.39, 0.29) is 0 Å². The lowest BCUT2D eigenvalue weighted by atomic mass is 9.95. The third-order valence-corrected chi connectivity index (χ3v) is 3.53. The summed E-state index contributed by atoms with van der Waals surface area (Å²) in [6.07, 6.45) is 7.41. The van der Waals surface area contributed by atoms with E-state index in [9.17, 15) is 0 Å². The molecule has 5 heteroatoms. The number of rotatable bonds is 6. The van der Waals surface area contributed by atoms with Crippen LogP contribution in [0.25, 0.3) is 0 Å². The topological polar surface area (TPSA) is 52.0 Å². The van der Waals surface area contributed by atoms with Crippen molar-refractivity contribution in [2.45, 2.75) is 51.8 Å². The molecule has 2 rings (SSSR count). The Labute approximate surface area is 109 Å². The quantitative estimate of drug-likeness (QED) is 0.779. The van der Waals surface area contributed by atoms with Crippen LogP contribution in [0.15, 0.2) is 12.4 Å². The molecule has 0 spiro atoms. The van der Waals surface area contributed by atoms with Gasteiger partial charge in [0.2, 0.25) is 0 Å². The molecule has 2 atom stereocenters. The van der Waals surface area contributed by atoms with Crippen molar-refractivity contribution >= 4 is 0 Å². The third kappa shape index (κ3) is 4.07. The first-order valence-electron chi connectivity index (χ1n) is 6.95. The molecule has 1 saturated heterocycles. The van der Waals surface area contributed by atoms with Gasteiger partial charge in [0.25, 0.3) is 0 Å². The van der Waals surface area contributed by atoms with E-state index >= 15 is 0 Å². The van der Waals surface area contributed by atoms with Gasteiger partial charge >= 0.3 is 0 Å². The van der Waals surface area contributed by atoms with Gasteiger partial charge in [0, 0.05) is 25.4 Å². The first-order valence-corrected chi connectivity index (χ1v) is 6.95. The van der Waals surface area contributed by atoms with Crippen LogP contribution in [-0.2, 0) is 11.3 Å². The molecule has 1 aromatic heterocycles. The summed E-state index contributed by atoms with van der Waals surface area (Å²) in [5.74, 6) is 0.616. The second-order valence-corrected chi connectivity index (χ2v) is 5.35. The SMILES string of the molecule is CC(C)C1CC(NCCCn2ccnn2)CCO1. The van der Waals surface area contributed by atoms with Crippen molar-refractivity contribution in [1.82, 2.24) is 20.3 Å². The number of hydrogen-bond acceptors (Lipinski definition) is 4. The molecule has 0 bridgehead atoms. The second kappa shape index (κ2) is 6.85. The average Bonchev–Trinajstić information content (AvgIpc) is 2.88. The van der Waals surface area contributed by atoms with Crippen LogP contribution in [0.5, 0.6) is 0 Å². The van der Waals surface area contributed by atoms with Gasteiger partial charge < -0.3 is 10.1 Å². The number of ether oxygens (including phenoxy) is 1. The number of hydrogen-bond donors (Lipinski definition) is 1. The van der Waals surface area contributed by atoms with Crippen molar-refractivity contribution in [2.24, 2.45) is 5.92 Å². The van der Waals surface area contributed by atoms with Gasteiger partial charge in [0.15, 0.2) is 0 Å². The Hall–Kier alpha value is -0.940. The second-order valence-electron chi connectivity index (χ2n) is 5.35. The normalized spacial score (nSPS) is 24.6. The highest BCUT2D eigenvalue weighted by Crippen LogP contribution is 2.20. The van der Waals surface area contributed by atoms with Gasteiger partial charge in [-0.2, -0.15) is 0 Å². The van der Waals surface area contributed by atoms with E-state index < -0.39 is 0 Å². The number of aromatic nitrogens is 3.